The van der Waals surface area contributed by atoms with Crippen molar-refractivity contribution in [2.24, 2.45) is 0 Å². The summed E-state index contributed by atoms with van der Waals surface area (Å²) in [6.07, 6.45) is 1.85. The lowest BCUT2D eigenvalue weighted by atomic mass is 9.98. The number of fused-ring (bicyclic) bond motifs is 1. The van der Waals surface area contributed by atoms with Crippen molar-refractivity contribution in [2.75, 3.05) is 34.4 Å². The molecule has 0 saturated carbocycles. The van der Waals surface area contributed by atoms with Gasteiger partial charge in [-0.05, 0) is 66.8 Å². The molecular weight excluding hydrogens is 432 g/mol. The monoisotopic (exact) mass is 460 g/mol. The zero-order valence-electron chi connectivity index (χ0n) is 18.5. The molecule has 0 radical (unpaired) electrons. The van der Waals surface area contributed by atoms with E-state index in [0.29, 0.717) is 56.1 Å². The summed E-state index contributed by atoms with van der Waals surface area (Å²) in [5.74, 6) is 1.71. The van der Waals surface area contributed by atoms with Crippen LogP contribution in [0.2, 0.25) is 0 Å². The molecule has 1 amide bonds. The minimum absolute atomic E-state index is 0.153. The van der Waals surface area contributed by atoms with Crippen LogP contribution >= 0.6 is 0 Å². The van der Waals surface area contributed by atoms with Gasteiger partial charge in [0.05, 0.1) is 26.2 Å². The SMILES string of the molecule is COc1ccc(S(=O)(=O)N2CCCC2C(=O)N2CCc3cc(OC)c(OC)cc3C2)cc1. The summed E-state index contributed by atoms with van der Waals surface area (Å²) in [4.78, 5) is 15.3. The summed E-state index contributed by atoms with van der Waals surface area (Å²) in [5, 5.41) is 0. The van der Waals surface area contributed by atoms with Gasteiger partial charge in [0.25, 0.3) is 0 Å². The molecule has 32 heavy (non-hydrogen) atoms. The van der Waals surface area contributed by atoms with E-state index in [0.717, 1.165) is 11.1 Å². The quantitative estimate of drug-likeness (QED) is 0.658. The van der Waals surface area contributed by atoms with Crippen molar-refractivity contribution in [1.82, 2.24) is 9.21 Å². The molecule has 0 bridgehead atoms. The minimum Gasteiger partial charge on any atom is -0.497 e. The maximum Gasteiger partial charge on any atom is 0.243 e. The molecule has 1 unspecified atom stereocenters. The van der Waals surface area contributed by atoms with Crippen molar-refractivity contribution in [2.45, 2.75) is 36.7 Å². The van der Waals surface area contributed by atoms with Crippen LogP contribution in [-0.2, 0) is 27.8 Å². The van der Waals surface area contributed by atoms with Gasteiger partial charge in [-0.15, -0.1) is 0 Å². The standard InChI is InChI=1S/C23H28N2O6S/c1-29-18-6-8-19(9-7-18)32(27,28)25-11-4-5-20(25)23(26)24-12-10-16-13-21(30-2)22(31-3)14-17(16)15-24/h6-9,13-14,20H,4-5,10-12,15H2,1-3H3. The van der Waals surface area contributed by atoms with Crippen LogP contribution < -0.4 is 14.2 Å². The van der Waals surface area contributed by atoms with E-state index in [2.05, 4.69) is 0 Å². The van der Waals surface area contributed by atoms with Crippen LogP contribution in [0.25, 0.3) is 0 Å². The first-order valence-electron chi connectivity index (χ1n) is 10.6. The fourth-order valence-corrected chi connectivity index (χ4v) is 6.09. The van der Waals surface area contributed by atoms with Gasteiger partial charge in [0.15, 0.2) is 11.5 Å². The smallest absolute Gasteiger partial charge is 0.243 e. The lowest BCUT2D eigenvalue weighted by Gasteiger charge is -2.33. The van der Waals surface area contributed by atoms with E-state index in [-0.39, 0.29) is 10.8 Å². The number of sulfonamides is 1. The molecule has 1 saturated heterocycles. The first kappa shape index (κ1) is 22.4. The first-order valence-corrected chi connectivity index (χ1v) is 12.0. The molecule has 0 N–H and O–H groups in total. The minimum atomic E-state index is -3.78. The summed E-state index contributed by atoms with van der Waals surface area (Å²) in [5.41, 5.74) is 2.10. The predicted molar refractivity (Wildman–Crippen MR) is 119 cm³/mol. The third-order valence-electron chi connectivity index (χ3n) is 6.18. The average Bonchev–Trinajstić information content (AvgIpc) is 3.33. The molecule has 1 fully saturated rings. The summed E-state index contributed by atoms with van der Waals surface area (Å²) in [6.45, 7) is 1.29. The van der Waals surface area contributed by atoms with Gasteiger partial charge in [0.1, 0.15) is 11.8 Å². The van der Waals surface area contributed by atoms with Gasteiger partial charge in [-0.3, -0.25) is 4.79 Å². The summed E-state index contributed by atoms with van der Waals surface area (Å²) in [6, 6.07) is 9.42. The Hall–Kier alpha value is -2.78. The molecule has 2 heterocycles. The Labute approximate surface area is 188 Å². The molecule has 1 atom stereocenters. The molecule has 0 spiro atoms. The maximum absolute atomic E-state index is 13.4. The first-order chi connectivity index (χ1) is 15.4. The van der Waals surface area contributed by atoms with Crippen molar-refractivity contribution >= 4 is 15.9 Å². The van der Waals surface area contributed by atoms with E-state index in [1.54, 1.807) is 31.3 Å². The fourth-order valence-electron chi connectivity index (χ4n) is 4.44. The number of carbonyl (C=O) groups excluding carboxylic acids is 1. The number of hydrogen-bond acceptors (Lipinski definition) is 6. The lowest BCUT2D eigenvalue weighted by molar-refractivity contribution is -0.135. The molecule has 2 aromatic rings. The Balaban J connectivity index is 1.55. The van der Waals surface area contributed by atoms with Crippen molar-refractivity contribution < 1.29 is 27.4 Å². The molecule has 4 rings (SSSR count). The molecule has 172 valence electrons. The van der Waals surface area contributed by atoms with Crippen LogP contribution in [0.4, 0.5) is 0 Å². The number of benzene rings is 2. The number of hydrogen-bond donors (Lipinski definition) is 0. The van der Waals surface area contributed by atoms with E-state index >= 15 is 0 Å². The van der Waals surface area contributed by atoms with Gasteiger partial charge in [0.2, 0.25) is 15.9 Å². The number of nitrogens with zero attached hydrogens (tertiary/aromatic N) is 2. The van der Waals surface area contributed by atoms with Crippen LogP contribution in [0.1, 0.15) is 24.0 Å². The van der Waals surface area contributed by atoms with Gasteiger partial charge in [-0.25, -0.2) is 8.42 Å². The van der Waals surface area contributed by atoms with E-state index in [1.165, 1.54) is 23.5 Å². The van der Waals surface area contributed by atoms with Crippen LogP contribution in [-0.4, -0.2) is 64.0 Å². The lowest BCUT2D eigenvalue weighted by Crippen LogP contribution is -2.49. The average molecular weight is 461 g/mol. The summed E-state index contributed by atoms with van der Waals surface area (Å²) >= 11 is 0. The van der Waals surface area contributed by atoms with Crippen LogP contribution in [0.15, 0.2) is 41.3 Å². The van der Waals surface area contributed by atoms with Gasteiger partial charge in [-0.2, -0.15) is 4.31 Å². The van der Waals surface area contributed by atoms with E-state index < -0.39 is 16.1 Å². The van der Waals surface area contributed by atoms with Gasteiger partial charge >= 0.3 is 0 Å². The van der Waals surface area contributed by atoms with Gasteiger partial charge in [-0.1, -0.05) is 0 Å². The molecule has 2 aromatic carbocycles. The van der Waals surface area contributed by atoms with Gasteiger partial charge in [0, 0.05) is 19.6 Å². The number of amides is 1. The van der Waals surface area contributed by atoms with Crippen LogP contribution in [0.3, 0.4) is 0 Å². The summed E-state index contributed by atoms with van der Waals surface area (Å²) < 4.78 is 43.8. The Morgan fingerprint density at radius 2 is 1.59 bits per heavy atom. The summed E-state index contributed by atoms with van der Waals surface area (Å²) in [7, 11) is 0.924. The van der Waals surface area contributed by atoms with Gasteiger partial charge < -0.3 is 19.1 Å². The number of ether oxygens (including phenoxy) is 3. The highest BCUT2D eigenvalue weighted by atomic mass is 32.2. The third-order valence-corrected chi connectivity index (χ3v) is 8.11. The molecule has 0 aromatic heterocycles. The van der Waals surface area contributed by atoms with Crippen molar-refractivity contribution in [1.29, 1.82) is 0 Å². The molecule has 9 heteroatoms. The van der Waals surface area contributed by atoms with Crippen molar-refractivity contribution in [3.05, 3.63) is 47.5 Å². The topological polar surface area (TPSA) is 85.4 Å². The molecule has 2 aliphatic rings. The second-order valence-electron chi connectivity index (χ2n) is 7.94. The normalized spacial score (nSPS) is 18.8. The van der Waals surface area contributed by atoms with Crippen LogP contribution in [0.5, 0.6) is 17.2 Å². The Morgan fingerprint density at radius 1 is 0.938 bits per heavy atom. The number of rotatable bonds is 6. The fraction of sp³-hybridized carbons (Fsp3) is 0.435. The van der Waals surface area contributed by atoms with E-state index in [9.17, 15) is 13.2 Å². The number of methoxy groups -OCH3 is 3. The highest BCUT2D eigenvalue weighted by Gasteiger charge is 2.41. The molecular formula is C23H28N2O6S. The van der Waals surface area contributed by atoms with E-state index in [1.807, 2.05) is 12.1 Å². The second kappa shape index (κ2) is 8.99. The van der Waals surface area contributed by atoms with E-state index in [4.69, 9.17) is 14.2 Å². The Kier molecular flexibility index (Phi) is 6.30. The molecule has 8 nitrogen and oxygen atoms in total. The molecule has 0 aliphatic carbocycles. The third kappa shape index (κ3) is 4.02. The zero-order chi connectivity index (χ0) is 22.9. The van der Waals surface area contributed by atoms with Crippen molar-refractivity contribution in [3.63, 3.8) is 0 Å². The highest BCUT2D eigenvalue weighted by molar-refractivity contribution is 7.89. The molecule has 2 aliphatic heterocycles. The number of carbonyl (C=O) groups is 1. The predicted octanol–water partition coefficient (Wildman–Crippen LogP) is 2.45. The zero-order valence-corrected chi connectivity index (χ0v) is 19.4. The maximum atomic E-state index is 13.4. The largest absolute Gasteiger partial charge is 0.497 e. The Bertz CT molecular complexity index is 1100. The van der Waals surface area contributed by atoms with Crippen molar-refractivity contribution in [3.8, 4) is 17.2 Å². The van der Waals surface area contributed by atoms with Crippen LogP contribution in [0, 0.1) is 0 Å². The Morgan fingerprint density at radius 3 is 2.22 bits per heavy atom. The second-order valence-corrected chi connectivity index (χ2v) is 9.83. The highest BCUT2D eigenvalue weighted by Crippen LogP contribution is 2.34.